The highest BCUT2D eigenvalue weighted by atomic mass is 16.2. The van der Waals surface area contributed by atoms with Gasteiger partial charge in [0.15, 0.2) is 0 Å². The summed E-state index contributed by atoms with van der Waals surface area (Å²) in [6, 6.07) is 16.4. The SMILES string of the molecule is O=C(Nc1ccnn1Cc1cccc2ccccc12)C1CCCN(C(=O)C2CC2)C1. The van der Waals surface area contributed by atoms with Gasteiger partial charge in [0.2, 0.25) is 11.8 Å². The molecular weight excluding hydrogens is 376 g/mol. The van der Waals surface area contributed by atoms with Gasteiger partial charge in [-0.2, -0.15) is 5.10 Å². The molecule has 1 saturated carbocycles. The summed E-state index contributed by atoms with van der Waals surface area (Å²) >= 11 is 0. The van der Waals surface area contributed by atoms with E-state index in [1.807, 2.05) is 33.8 Å². The summed E-state index contributed by atoms with van der Waals surface area (Å²) in [5.74, 6) is 0.936. The van der Waals surface area contributed by atoms with Crippen LogP contribution in [0.5, 0.6) is 0 Å². The van der Waals surface area contributed by atoms with Crippen molar-refractivity contribution in [1.29, 1.82) is 0 Å². The highest BCUT2D eigenvalue weighted by molar-refractivity contribution is 5.92. The molecule has 1 N–H and O–H groups in total. The van der Waals surface area contributed by atoms with Gasteiger partial charge in [-0.15, -0.1) is 0 Å². The number of nitrogens with zero attached hydrogens (tertiary/aromatic N) is 3. The lowest BCUT2D eigenvalue weighted by atomic mass is 9.96. The van der Waals surface area contributed by atoms with Crippen LogP contribution in [-0.4, -0.2) is 39.6 Å². The Morgan fingerprint density at radius 3 is 2.70 bits per heavy atom. The van der Waals surface area contributed by atoms with E-state index in [-0.39, 0.29) is 23.7 Å². The molecule has 2 heterocycles. The fourth-order valence-corrected chi connectivity index (χ4v) is 4.36. The summed E-state index contributed by atoms with van der Waals surface area (Å²) in [6.07, 6.45) is 5.41. The van der Waals surface area contributed by atoms with Gasteiger partial charge in [-0.1, -0.05) is 42.5 Å². The predicted molar refractivity (Wildman–Crippen MR) is 116 cm³/mol. The van der Waals surface area contributed by atoms with E-state index in [9.17, 15) is 9.59 Å². The molecule has 0 spiro atoms. The van der Waals surface area contributed by atoms with E-state index in [0.717, 1.165) is 37.8 Å². The average molecular weight is 402 g/mol. The maximum atomic E-state index is 12.9. The number of piperidine rings is 1. The Morgan fingerprint density at radius 1 is 1.00 bits per heavy atom. The van der Waals surface area contributed by atoms with Gasteiger partial charge in [0.25, 0.3) is 0 Å². The summed E-state index contributed by atoms with van der Waals surface area (Å²) in [7, 11) is 0. The van der Waals surface area contributed by atoms with Crippen LogP contribution >= 0.6 is 0 Å². The van der Waals surface area contributed by atoms with E-state index < -0.39 is 0 Å². The van der Waals surface area contributed by atoms with Crippen LogP contribution in [0.4, 0.5) is 5.82 Å². The zero-order chi connectivity index (χ0) is 20.5. The minimum absolute atomic E-state index is 0.0250. The number of likely N-dealkylation sites (tertiary alicyclic amines) is 1. The first-order valence-corrected chi connectivity index (χ1v) is 10.8. The Hall–Kier alpha value is -3.15. The van der Waals surface area contributed by atoms with Crippen molar-refractivity contribution >= 4 is 28.4 Å². The Labute approximate surface area is 175 Å². The molecule has 6 nitrogen and oxygen atoms in total. The van der Waals surface area contributed by atoms with E-state index in [4.69, 9.17) is 0 Å². The first kappa shape index (κ1) is 18.9. The normalized spacial score (nSPS) is 19.1. The quantitative estimate of drug-likeness (QED) is 0.708. The monoisotopic (exact) mass is 402 g/mol. The Kier molecular flexibility index (Phi) is 4.99. The summed E-state index contributed by atoms with van der Waals surface area (Å²) in [6.45, 7) is 1.89. The third-order valence-electron chi connectivity index (χ3n) is 6.20. The number of nitrogens with one attached hydrogen (secondary N) is 1. The molecule has 2 aromatic carbocycles. The molecule has 0 bridgehead atoms. The maximum Gasteiger partial charge on any atom is 0.230 e. The topological polar surface area (TPSA) is 67.2 Å². The smallest absolute Gasteiger partial charge is 0.230 e. The summed E-state index contributed by atoms with van der Waals surface area (Å²) in [5.41, 5.74) is 1.16. The third kappa shape index (κ3) is 3.82. The Bertz CT molecular complexity index is 1080. The Morgan fingerprint density at radius 2 is 1.83 bits per heavy atom. The lowest BCUT2D eigenvalue weighted by Crippen LogP contribution is -2.44. The number of hydrogen-bond acceptors (Lipinski definition) is 3. The highest BCUT2D eigenvalue weighted by Gasteiger charge is 2.36. The zero-order valence-electron chi connectivity index (χ0n) is 17.0. The van der Waals surface area contributed by atoms with Crippen LogP contribution in [0.15, 0.2) is 54.7 Å². The molecule has 1 aliphatic carbocycles. The minimum Gasteiger partial charge on any atom is -0.342 e. The number of aromatic nitrogens is 2. The van der Waals surface area contributed by atoms with E-state index in [0.29, 0.717) is 18.9 Å². The van der Waals surface area contributed by atoms with E-state index in [1.54, 1.807) is 6.20 Å². The number of benzene rings is 2. The van der Waals surface area contributed by atoms with Crippen LogP contribution in [0.2, 0.25) is 0 Å². The second-order valence-electron chi connectivity index (χ2n) is 8.40. The number of anilines is 1. The molecule has 2 amide bonds. The van der Waals surface area contributed by atoms with Gasteiger partial charge in [-0.3, -0.25) is 9.59 Å². The van der Waals surface area contributed by atoms with Crippen molar-refractivity contribution in [1.82, 2.24) is 14.7 Å². The average Bonchev–Trinajstić information content (AvgIpc) is 3.55. The van der Waals surface area contributed by atoms with Crippen molar-refractivity contribution < 1.29 is 9.59 Å². The van der Waals surface area contributed by atoms with Crippen molar-refractivity contribution in [3.05, 3.63) is 60.3 Å². The molecule has 1 saturated heterocycles. The fraction of sp³-hybridized carbons (Fsp3) is 0.375. The molecule has 2 fully saturated rings. The Balaban J connectivity index is 1.29. The maximum absolute atomic E-state index is 12.9. The molecule has 1 atom stereocenters. The zero-order valence-corrected chi connectivity index (χ0v) is 17.0. The van der Waals surface area contributed by atoms with Crippen molar-refractivity contribution in [2.75, 3.05) is 18.4 Å². The highest BCUT2D eigenvalue weighted by Crippen LogP contribution is 2.32. The summed E-state index contributed by atoms with van der Waals surface area (Å²) in [5, 5.41) is 9.86. The minimum atomic E-state index is -0.164. The summed E-state index contributed by atoms with van der Waals surface area (Å²) < 4.78 is 1.83. The molecular formula is C24H26N4O2. The fourth-order valence-electron chi connectivity index (χ4n) is 4.36. The van der Waals surface area contributed by atoms with E-state index >= 15 is 0 Å². The first-order valence-electron chi connectivity index (χ1n) is 10.8. The number of carbonyl (C=O) groups is 2. The number of hydrogen-bond donors (Lipinski definition) is 1. The van der Waals surface area contributed by atoms with Crippen LogP contribution in [-0.2, 0) is 16.1 Å². The van der Waals surface area contributed by atoms with Gasteiger partial charge >= 0.3 is 0 Å². The van der Waals surface area contributed by atoms with Crippen LogP contribution in [0, 0.1) is 11.8 Å². The number of rotatable bonds is 5. The molecule has 6 heteroatoms. The van der Waals surface area contributed by atoms with Crippen LogP contribution in [0.3, 0.4) is 0 Å². The largest absolute Gasteiger partial charge is 0.342 e. The second-order valence-corrected chi connectivity index (χ2v) is 8.40. The van der Waals surface area contributed by atoms with Gasteiger partial charge < -0.3 is 10.2 Å². The molecule has 1 aliphatic heterocycles. The molecule has 154 valence electrons. The third-order valence-corrected chi connectivity index (χ3v) is 6.20. The standard InChI is InChI=1S/C24H26N4O2/c29-23(20-8-4-14-27(15-20)24(30)18-10-11-18)26-22-12-13-25-28(22)16-19-7-3-6-17-5-1-2-9-21(17)19/h1-3,5-7,9,12-13,18,20H,4,8,10-11,14-16H2,(H,26,29). The summed E-state index contributed by atoms with van der Waals surface area (Å²) in [4.78, 5) is 27.2. The van der Waals surface area contributed by atoms with Crippen molar-refractivity contribution in [3.8, 4) is 0 Å². The molecule has 3 aromatic rings. The lowest BCUT2D eigenvalue weighted by molar-refractivity contribution is -0.135. The van der Waals surface area contributed by atoms with Crippen LogP contribution < -0.4 is 5.32 Å². The van der Waals surface area contributed by atoms with E-state index in [2.05, 4.69) is 34.7 Å². The number of carbonyl (C=O) groups excluding carboxylic acids is 2. The van der Waals surface area contributed by atoms with E-state index in [1.165, 1.54) is 10.8 Å². The predicted octanol–water partition coefficient (Wildman–Crippen LogP) is 3.67. The number of amides is 2. The van der Waals surface area contributed by atoms with Crippen LogP contribution in [0.1, 0.15) is 31.2 Å². The van der Waals surface area contributed by atoms with Crippen molar-refractivity contribution in [2.24, 2.45) is 11.8 Å². The lowest BCUT2D eigenvalue weighted by Gasteiger charge is -2.32. The van der Waals surface area contributed by atoms with Gasteiger partial charge in [-0.05, 0) is 42.0 Å². The van der Waals surface area contributed by atoms with Gasteiger partial charge in [0, 0.05) is 25.1 Å². The van der Waals surface area contributed by atoms with Gasteiger partial charge in [0.1, 0.15) is 5.82 Å². The van der Waals surface area contributed by atoms with Crippen molar-refractivity contribution in [2.45, 2.75) is 32.2 Å². The molecule has 30 heavy (non-hydrogen) atoms. The molecule has 5 rings (SSSR count). The first-order chi connectivity index (χ1) is 14.7. The molecule has 1 aromatic heterocycles. The molecule has 1 unspecified atom stereocenters. The second kappa shape index (κ2) is 7.94. The molecule has 0 radical (unpaired) electrons. The van der Waals surface area contributed by atoms with Crippen molar-refractivity contribution in [3.63, 3.8) is 0 Å². The van der Waals surface area contributed by atoms with Crippen LogP contribution in [0.25, 0.3) is 10.8 Å². The van der Waals surface area contributed by atoms with Gasteiger partial charge in [-0.25, -0.2) is 4.68 Å². The van der Waals surface area contributed by atoms with Gasteiger partial charge in [0.05, 0.1) is 18.7 Å². The molecule has 2 aliphatic rings. The number of fused-ring (bicyclic) bond motifs is 1.